The smallest absolute Gasteiger partial charge is 0.143 e. The maximum Gasteiger partial charge on any atom is 0.143 e. The second-order valence-electron chi connectivity index (χ2n) is 12.1. The first-order valence-electron chi connectivity index (χ1n) is 16.4. The van der Waals surface area contributed by atoms with Crippen LogP contribution in [0.5, 0.6) is 0 Å². The number of anilines is 3. The fourth-order valence-corrected chi connectivity index (χ4v) is 7.12. The molecule has 48 heavy (non-hydrogen) atoms. The van der Waals surface area contributed by atoms with Crippen LogP contribution in [0.4, 0.5) is 17.1 Å². The van der Waals surface area contributed by atoms with Gasteiger partial charge in [0.1, 0.15) is 11.2 Å². The first kappa shape index (κ1) is 27.9. The molecule has 0 saturated heterocycles. The Kier molecular flexibility index (Phi) is 6.84. The molecule has 9 rings (SSSR count). The summed E-state index contributed by atoms with van der Waals surface area (Å²) in [6.07, 6.45) is 0. The van der Waals surface area contributed by atoms with E-state index in [0.29, 0.717) is 0 Å². The van der Waals surface area contributed by atoms with E-state index in [-0.39, 0.29) is 0 Å². The molecule has 0 bridgehead atoms. The van der Waals surface area contributed by atoms with Crippen LogP contribution in [0.1, 0.15) is 0 Å². The highest BCUT2D eigenvalue weighted by molar-refractivity contribution is 6.20. The third-order valence-corrected chi connectivity index (χ3v) is 9.28. The summed E-state index contributed by atoms with van der Waals surface area (Å²) in [6.45, 7) is 0. The molecule has 0 spiro atoms. The molecule has 0 N–H and O–H groups in total. The Bertz CT molecular complexity index is 2480. The maximum absolute atomic E-state index is 6.64. The van der Waals surface area contributed by atoms with Gasteiger partial charge in [0.15, 0.2) is 0 Å². The number of hydrogen-bond donors (Lipinski definition) is 0. The third kappa shape index (κ3) is 4.66. The molecule has 1 aromatic heterocycles. The number of furan rings is 1. The van der Waals surface area contributed by atoms with E-state index in [2.05, 4.69) is 193 Å². The van der Waals surface area contributed by atoms with E-state index in [4.69, 9.17) is 4.42 Å². The van der Waals surface area contributed by atoms with Gasteiger partial charge in [0.2, 0.25) is 0 Å². The molecular weight excluding hydrogens is 583 g/mol. The predicted molar refractivity (Wildman–Crippen MR) is 202 cm³/mol. The quantitative estimate of drug-likeness (QED) is 0.185. The Morgan fingerprint density at radius 1 is 0.333 bits per heavy atom. The first-order chi connectivity index (χ1) is 23.8. The van der Waals surface area contributed by atoms with E-state index >= 15 is 0 Å². The van der Waals surface area contributed by atoms with Gasteiger partial charge in [-0.3, -0.25) is 0 Å². The number of fused-ring (bicyclic) bond motifs is 5. The van der Waals surface area contributed by atoms with Crippen LogP contribution < -0.4 is 4.90 Å². The highest BCUT2D eigenvalue weighted by Gasteiger charge is 2.24. The van der Waals surface area contributed by atoms with Crippen LogP contribution in [0.3, 0.4) is 0 Å². The molecule has 9 aromatic rings. The van der Waals surface area contributed by atoms with Crippen molar-refractivity contribution >= 4 is 49.8 Å². The second kappa shape index (κ2) is 11.8. The Morgan fingerprint density at radius 3 is 1.48 bits per heavy atom. The summed E-state index contributed by atoms with van der Waals surface area (Å²) in [5.74, 6) is 0. The Hall–Kier alpha value is -6.38. The van der Waals surface area contributed by atoms with Crippen LogP contribution in [-0.4, -0.2) is 0 Å². The molecular formula is C46H31NO. The predicted octanol–water partition coefficient (Wildman–Crippen LogP) is 13.2. The molecule has 0 aliphatic heterocycles. The zero-order valence-corrected chi connectivity index (χ0v) is 26.3. The maximum atomic E-state index is 6.64. The van der Waals surface area contributed by atoms with Gasteiger partial charge in [0.25, 0.3) is 0 Å². The molecule has 0 radical (unpaired) electrons. The van der Waals surface area contributed by atoms with Crippen molar-refractivity contribution in [2.75, 3.05) is 4.90 Å². The minimum absolute atomic E-state index is 0.884. The van der Waals surface area contributed by atoms with Crippen molar-refractivity contribution in [1.82, 2.24) is 0 Å². The van der Waals surface area contributed by atoms with E-state index in [1.54, 1.807) is 0 Å². The standard InChI is InChI=1S/C46H31NO/c1-3-16-32(17-4-1)35-21-9-12-26-41(35)47(42-27-13-10-22-36(42)33-18-5-2-6-19-33)43-28-14-11-24-38(43)39-25-15-29-44-45(39)40-31-30-34-20-7-8-23-37(34)46(40)48-44/h1-31H. The molecule has 226 valence electrons. The van der Waals surface area contributed by atoms with Crippen LogP contribution in [0.25, 0.3) is 66.1 Å². The van der Waals surface area contributed by atoms with E-state index in [1.165, 1.54) is 16.5 Å². The SMILES string of the molecule is c1ccc(-c2ccccc2N(c2ccccc2-c2ccccc2)c2ccccc2-c2cccc3oc4c5ccccc5ccc4c23)cc1. The highest BCUT2D eigenvalue weighted by Crippen LogP contribution is 2.49. The van der Waals surface area contributed by atoms with Crippen LogP contribution in [0, 0.1) is 0 Å². The zero-order valence-electron chi connectivity index (χ0n) is 26.3. The number of nitrogens with zero attached hydrogens (tertiary/aromatic N) is 1. The van der Waals surface area contributed by atoms with Crippen molar-refractivity contribution < 1.29 is 4.42 Å². The summed E-state index contributed by atoms with van der Waals surface area (Å²) in [7, 11) is 0. The Morgan fingerprint density at radius 2 is 0.833 bits per heavy atom. The van der Waals surface area contributed by atoms with Gasteiger partial charge in [-0.1, -0.05) is 158 Å². The van der Waals surface area contributed by atoms with Crippen molar-refractivity contribution in [3.63, 3.8) is 0 Å². The van der Waals surface area contributed by atoms with Crippen LogP contribution in [-0.2, 0) is 0 Å². The molecule has 0 saturated carbocycles. The lowest BCUT2D eigenvalue weighted by atomic mass is 9.94. The van der Waals surface area contributed by atoms with Crippen LogP contribution in [0.15, 0.2) is 192 Å². The van der Waals surface area contributed by atoms with Crippen molar-refractivity contribution in [2.24, 2.45) is 0 Å². The number of para-hydroxylation sites is 3. The van der Waals surface area contributed by atoms with Crippen molar-refractivity contribution in [2.45, 2.75) is 0 Å². The topological polar surface area (TPSA) is 16.4 Å². The van der Waals surface area contributed by atoms with E-state index < -0.39 is 0 Å². The first-order valence-corrected chi connectivity index (χ1v) is 16.4. The van der Waals surface area contributed by atoms with Gasteiger partial charge in [0.05, 0.1) is 17.1 Å². The highest BCUT2D eigenvalue weighted by atomic mass is 16.3. The summed E-state index contributed by atoms with van der Waals surface area (Å²) in [5.41, 5.74) is 12.0. The molecule has 8 aromatic carbocycles. The lowest BCUT2D eigenvalue weighted by Gasteiger charge is -2.31. The van der Waals surface area contributed by atoms with E-state index in [9.17, 15) is 0 Å². The normalized spacial score (nSPS) is 11.3. The fourth-order valence-electron chi connectivity index (χ4n) is 7.12. The minimum Gasteiger partial charge on any atom is -0.455 e. The largest absolute Gasteiger partial charge is 0.455 e. The molecule has 0 aliphatic rings. The summed E-state index contributed by atoms with van der Waals surface area (Å²) >= 11 is 0. The number of hydrogen-bond acceptors (Lipinski definition) is 2. The molecule has 1 heterocycles. The van der Waals surface area contributed by atoms with Gasteiger partial charge in [-0.15, -0.1) is 0 Å². The summed E-state index contributed by atoms with van der Waals surface area (Å²) in [6, 6.07) is 66.8. The summed E-state index contributed by atoms with van der Waals surface area (Å²) < 4.78 is 6.64. The van der Waals surface area contributed by atoms with Gasteiger partial charge in [-0.05, 0) is 52.4 Å². The zero-order chi connectivity index (χ0) is 31.9. The van der Waals surface area contributed by atoms with E-state index in [1.807, 2.05) is 0 Å². The summed E-state index contributed by atoms with van der Waals surface area (Å²) in [5, 5.41) is 4.54. The van der Waals surface area contributed by atoms with Crippen molar-refractivity contribution in [3.05, 3.63) is 188 Å². The van der Waals surface area contributed by atoms with Gasteiger partial charge in [0, 0.05) is 32.8 Å². The lowest BCUT2D eigenvalue weighted by Crippen LogP contribution is -2.13. The van der Waals surface area contributed by atoms with Gasteiger partial charge in [-0.25, -0.2) is 0 Å². The average Bonchev–Trinajstić information content (AvgIpc) is 3.56. The molecule has 0 aliphatic carbocycles. The van der Waals surface area contributed by atoms with Crippen molar-refractivity contribution in [3.8, 4) is 33.4 Å². The van der Waals surface area contributed by atoms with Gasteiger partial charge in [-0.2, -0.15) is 0 Å². The lowest BCUT2D eigenvalue weighted by molar-refractivity contribution is 0.673. The molecule has 2 nitrogen and oxygen atoms in total. The third-order valence-electron chi connectivity index (χ3n) is 9.28. The number of rotatable bonds is 6. The molecule has 0 atom stereocenters. The van der Waals surface area contributed by atoms with Gasteiger partial charge >= 0.3 is 0 Å². The molecule has 0 amide bonds. The molecule has 2 heteroatoms. The number of benzene rings is 8. The van der Waals surface area contributed by atoms with Crippen molar-refractivity contribution in [1.29, 1.82) is 0 Å². The fraction of sp³-hybridized carbons (Fsp3) is 0. The molecule has 0 fully saturated rings. The second-order valence-corrected chi connectivity index (χ2v) is 12.1. The van der Waals surface area contributed by atoms with Crippen LogP contribution >= 0.6 is 0 Å². The monoisotopic (exact) mass is 613 g/mol. The summed E-state index contributed by atoms with van der Waals surface area (Å²) in [4.78, 5) is 2.44. The average molecular weight is 614 g/mol. The molecule has 0 unspecified atom stereocenters. The minimum atomic E-state index is 0.884. The van der Waals surface area contributed by atoms with Crippen LogP contribution in [0.2, 0.25) is 0 Å². The van der Waals surface area contributed by atoms with E-state index in [0.717, 1.165) is 66.6 Å². The Balaban J connectivity index is 1.35. The van der Waals surface area contributed by atoms with Gasteiger partial charge < -0.3 is 9.32 Å². The Labute approximate surface area is 279 Å².